The van der Waals surface area contributed by atoms with Crippen LogP contribution >= 0.6 is 11.8 Å². The first-order chi connectivity index (χ1) is 14.0. The standard InChI is InChI=1S/C24H29N3OS/c1-15(2)21-13-28-23(26-21)17-9-5-7-11-19(17)25-20-12-8-6-10-18(20)24-27-22(14-29-24)16(3)4/h5-12,15-16,21-22,25H,13-14H2,1-4H3/t21-,22-/m1/s1. The molecule has 5 heteroatoms. The molecule has 4 nitrogen and oxygen atoms in total. The number of aliphatic imine (C=N–C) groups is 2. The van der Waals surface area contributed by atoms with E-state index in [0.29, 0.717) is 24.5 Å². The highest BCUT2D eigenvalue weighted by Gasteiger charge is 2.26. The Morgan fingerprint density at radius 3 is 2.10 bits per heavy atom. The topological polar surface area (TPSA) is 46.0 Å². The van der Waals surface area contributed by atoms with Crippen molar-refractivity contribution >= 4 is 34.1 Å². The SMILES string of the molecule is CC(C)[C@H]1COC(c2ccccc2Nc2ccccc2C2=N[C@@H](C(C)C)CS2)=N1. The van der Waals surface area contributed by atoms with Gasteiger partial charge in [0, 0.05) is 17.0 Å². The van der Waals surface area contributed by atoms with E-state index in [2.05, 4.69) is 69.4 Å². The molecule has 0 aromatic heterocycles. The summed E-state index contributed by atoms with van der Waals surface area (Å²) in [7, 11) is 0. The lowest BCUT2D eigenvalue weighted by Crippen LogP contribution is -2.13. The van der Waals surface area contributed by atoms with Crippen LogP contribution in [0.15, 0.2) is 58.5 Å². The molecular formula is C24H29N3OS. The Morgan fingerprint density at radius 2 is 1.48 bits per heavy atom. The quantitative estimate of drug-likeness (QED) is 0.663. The van der Waals surface area contributed by atoms with Gasteiger partial charge in [-0.3, -0.25) is 4.99 Å². The van der Waals surface area contributed by atoms with Crippen molar-refractivity contribution in [2.45, 2.75) is 39.8 Å². The van der Waals surface area contributed by atoms with Gasteiger partial charge in [0.1, 0.15) is 11.7 Å². The normalized spacial score (nSPS) is 21.3. The van der Waals surface area contributed by atoms with E-state index < -0.39 is 0 Å². The first kappa shape index (κ1) is 20.0. The molecule has 2 heterocycles. The Balaban J connectivity index is 1.64. The molecule has 2 aromatic carbocycles. The van der Waals surface area contributed by atoms with Gasteiger partial charge in [0.25, 0.3) is 0 Å². The van der Waals surface area contributed by atoms with Gasteiger partial charge in [-0.2, -0.15) is 0 Å². The van der Waals surface area contributed by atoms with E-state index in [9.17, 15) is 0 Å². The smallest absolute Gasteiger partial charge is 0.218 e. The lowest BCUT2D eigenvalue weighted by molar-refractivity contribution is 0.292. The third-order valence-corrected chi connectivity index (χ3v) is 6.58. The van der Waals surface area contributed by atoms with Gasteiger partial charge in [0.05, 0.1) is 23.3 Å². The number of thioether (sulfide) groups is 1. The molecule has 2 aromatic rings. The Hall–Kier alpha value is -2.27. The molecule has 0 saturated heterocycles. The summed E-state index contributed by atoms with van der Waals surface area (Å²) in [5.74, 6) is 2.82. The van der Waals surface area contributed by atoms with Gasteiger partial charge in [0.2, 0.25) is 5.90 Å². The number of hydrogen-bond donors (Lipinski definition) is 1. The maximum absolute atomic E-state index is 5.94. The number of nitrogens with zero attached hydrogens (tertiary/aromatic N) is 2. The summed E-state index contributed by atoms with van der Waals surface area (Å²) in [6, 6.07) is 17.3. The number of anilines is 2. The van der Waals surface area contributed by atoms with Crippen LogP contribution in [0.2, 0.25) is 0 Å². The highest BCUT2D eigenvalue weighted by Crippen LogP contribution is 2.33. The molecule has 2 aliphatic heterocycles. The lowest BCUT2D eigenvalue weighted by atomic mass is 10.1. The van der Waals surface area contributed by atoms with Crippen molar-refractivity contribution in [3.8, 4) is 0 Å². The van der Waals surface area contributed by atoms with Crippen molar-refractivity contribution in [3.63, 3.8) is 0 Å². The molecule has 0 saturated carbocycles. The predicted octanol–water partition coefficient (Wildman–Crippen LogP) is 5.75. The van der Waals surface area contributed by atoms with E-state index in [-0.39, 0.29) is 6.04 Å². The summed E-state index contributed by atoms with van der Waals surface area (Å²) in [6.07, 6.45) is 0. The van der Waals surface area contributed by atoms with Crippen molar-refractivity contribution in [3.05, 3.63) is 59.7 Å². The average Bonchev–Trinajstić information content (AvgIpc) is 3.39. The Kier molecular flexibility index (Phi) is 5.95. The van der Waals surface area contributed by atoms with Crippen LogP contribution in [0, 0.1) is 11.8 Å². The molecule has 0 spiro atoms. The highest BCUT2D eigenvalue weighted by atomic mass is 32.2. The van der Waals surface area contributed by atoms with Crippen LogP contribution in [-0.4, -0.2) is 35.4 Å². The maximum atomic E-state index is 5.94. The first-order valence-corrected chi connectivity index (χ1v) is 11.4. The molecule has 0 amide bonds. The van der Waals surface area contributed by atoms with E-state index in [4.69, 9.17) is 14.7 Å². The van der Waals surface area contributed by atoms with Crippen molar-refractivity contribution in [1.82, 2.24) is 0 Å². The number of hydrogen-bond acceptors (Lipinski definition) is 5. The molecule has 0 unspecified atom stereocenters. The number of ether oxygens (including phenoxy) is 1. The summed E-state index contributed by atoms with van der Waals surface area (Å²) < 4.78 is 5.94. The van der Waals surface area contributed by atoms with E-state index in [1.165, 1.54) is 0 Å². The summed E-state index contributed by atoms with van der Waals surface area (Å²) in [6.45, 7) is 9.51. The molecule has 0 aliphatic carbocycles. The van der Waals surface area contributed by atoms with Gasteiger partial charge in [0.15, 0.2) is 0 Å². The van der Waals surface area contributed by atoms with Crippen molar-refractivity contribution in [2.24, 2.45) is 21.8 Å². The van der Waals surface area contributed by atoms with Gasteiger partial charge in [-0.25, -0.2) is 4.99 Å². The van der Waals surface area contributed by atoms with Gasteiger partial charge in [-0.05, 0) is 30.0 Å². The fraction of sp³-hybridized carbons (Fsp3) is 0.417. The fourth-order valence-electron chi connectivity index (χ4n) is 3.46. The summed E-state index contributed by atoms with van der Waals surface area (Å²) in [4.78, 5) is 9.80. The van der Waals surface area contributed by atoms with Crippen LogP contribution in [0.25, 0.3) is 0 Å². The summed E-state index contributed by atoms with van der Waals surface area (Å²) >= 11 is 1.85. The highest BCUT2D eigenvalue weighted by molar-refractivity contribution is 8.14. The van der Waals surface area contributed by atoms with Crippen LogP contribution in [0.5, 0.6) is 0 Å². The van der Waals surface area contributed by atoms with E-state index in [0.717, 1.165) is 39.2 Å². The van der Waals surface area contributed by atoms with Crippen molar-refractivity contribution < 1.29 is 4.74 Å². The second-order valence-electron chi connectivity index (χ2n) is 8.33. The molecule has 152 valence electrons. The van der Waals surface area contributed by atoms with E-state index >= 15 is 0 Å². The van der Waals surface area contributed by atoms with Crippen LogP contribution in [-0.2, 0) is 4.74 Å². The Bertz CT molecular complexity index is 860. The fourth-order valence-corrected chi connectivity index (χ4v) is 4.79. The number of para-hydroxylation sites is 2. The van der Waals surface area contributed by atoms with Gasteiger partial charge in [-0.1, -0.05) is 58.0 Å². The number of benzene rings is 2. The van der Waals surface area contributed by atoms with Crippen molar-refractivity contribution in [2.75, 3.05) is 17.7 Å². The number of nitrogens with one attached hydrogen (secondary N) is 1. The van der Waals surface area contributed by atoms with Crippen LogP contribution in [0.1, 0.15) is 38.8 Å². The van der Waals surface area contributed by atoms with Crippen LogP contribution < -0.4 is 5.32 Å². The Morgan fingerprint density at radius 1 is 0.862 bits per heavy atom. The zero-order valence-corrected chi connectivity index (χ0v) is 18.4. The average molecular weight is 408 g/mol. The third-order valence-electron chi connectivity index (χ3n) is 5.47. The molecule has 29 heavy (non-hydrogen) atoms. The summed E-state index contributed by atoms with van der Waals surface area (Å²) in [5.41, 5.74) is 4.23. The minimum absolute atomic E-state index is 0.225. The largest absolute Gasteiger partial charge is 0.475 e. The minimum Gasteiger partial charge on any atom is -0.475 e. The molecule has 0 bridgehead atoms. The first-order valence-electron chi connectivity index (χ1n) is 10.4. The lowest BCUT2D eigenvalue weighted by Gasteiger charge is -2.15. The monoisotopic (exact) mass is 407 g/mol. The molecule has 0 radical (unpaired) electrons. The van der Waals surface area contributed by atoms with Gasteiger partial charge in [-0.15, -0.1) is 11.8 Å². The molecule has 0 fully saturated rings. The summed E-state index contributed by atoms with van der Waals surface area (Å²) in [5, 5.41) is 4.75. The second kappa shape index (κ2) is 8.62. The van der Waals surface area contributed by atoms with Gasteiger partial charge < -0.3 is 10.1 Å². The van der Waals surface area contributed by atoms with Crippen LogP contribution in [0.4, 0.5) is 11.4 Å². The molecule has 4 rings (SSSR count). The van der Waals surface area contributed by atoms with Gasteiger partial charge >= 0.3 is 0 Å². The molecule has 1 N–H and O–H groups in total. The molecular weight excluding hydrogens is 378 g/mol. The Labute approximate surface area is 177 Å². The second-order valence-corrected chi connectivity index (χ2v) is 9.34. The third kappa shape index (κ3) is 4.35. The van der Waals surface area contributed by atoms with E-state index in [1.807, 2.05) is 23.9 Å². The molecule has 2 atom stereocenters. The van der Waals surface area contributed by atoms with Crippen molar-refractivity contribution in [1.29, 1.82) is 0 Å². The van der Waals surface area contributed by atoms with Crippen LogP contribution in [0.3, 0.4) is 0 Å². The minimum atomic E-state index is 0.225. The zero-order valence-electron chi connectivity index (χ0n) is 17.6. The number of rotatable bonds is 6. The predicted molar refractivity (Wildman–Crippen MR) is 125 cm³/mol. The molecule has 2 aliphatic rings. The maximum Gasteiger partial charge on any atom is 0.218 e. The van der Waals surface area contributed by atoms with E-state index in [1.54, 1.807) is 0 Å². The zero-order chi connectivity index (χ0) is 20.4.